The number of benzene rings is 1. The van der Waals surface area contributed by atoms with E-state index < -0.39 is 0 Å². The second-order valence-electron chi connectivity index (χ2n) is 5.03. The highest BCUT2D eigenvalue weighted by atomic mass is 14.9. The van der Waals surface area contributed by atoms with E-state index in [2.05, 4.69) is 42.6 Å². The standard InChI is InChI=1S/C10H12N2.C5H5N.C3H8.C2H6/c1-7(2)10-11-8-5-3-4-6-9(8)12-10;1-2-4-6-5-3-1;1-3-2;1-2/h3-7H,1-2H3,(H,11,12);1-5H;3H2,1-2H3;1-2H3. The minimum Gasteiger partial charge on any atom is -0.342 e. The second kappa shape index (κ2) is 13.5. The maximum atomic E-state index is 4.46. The van der Waals surface area contributed by atoms with Gasteiger partial charge in [-0.2, -0.15) is 0 Å². The molecule has 23 heavy (non-hydrogen) atoms. The first-order chi connectivity index (χ1) is 11.2. The summed E-state index contributed by atoms with van der Waals surface area (Å²) in [4.78, 5) is 11.5. The van der Waals surface area contributed by atoms with Crippen LogP contribution < -0.4 is 0 Å². The van der Waals surface area contributed by atoms with Crippen LogP contribution in [0.4, 0.5) is 0 Å². The fourth-order valence-electron chi connectivity index (χ4n) is 1.56. The molecule has 0 unspecified atom stereocenters. The van der Waals surface area contributed by atoms with Crippen LogP contribution in [0.1, 0.15) is 59.7 Å². The minimum atomic E-state index is 0.470. The number of fused-ring (bicyclic) bond motifs is 1. The Bertz CT molecular complexity index is 541. The number of nitrogens with one attached hydrogen (secondary N) is 1. The highest BCUT2D eigenvalue weighted by Gasteiger charge is 2.04. The second-order valence-corrected chi connectivity index (χ2v) is 5.03. The fraction of sp³-hybridized carbons (Fsp3) is 0.400. The van der Waals surface area contributed by atoms with Gasteiger partial charge in [-0.1, -0.05) is 66.2 Å². The van der Waals surface area contributed by atoms with Gasteiger partial charge in [-0.15, -0.1) is 0 Å². The molecule has 3 nitrogen and oxygen atoms in total. The van der Waals surface area contributed by atoms with Gasteiger partial charge in [0.15, 0.2) is 0 Å². The van der Waals surface area contributed by atoms with E-state index in [1.807, 2.05) is 56.3 Å². The highest BCUT2D eigenvalue weighted by Crippen LogP contribution is 2.15. The predicted molar refractivity (Wildman–Crippen MR) is 102 cm³/mol. The molecule has 0 bridgehead atoms. The maximum Gasteiger partial charge on any atom is 0.109 e. The molecule has 0 atom stereocenters. The van der Waals surface area contributed by atoms with Crippen molar-refractivity contribution < 1.29 is 0 Å². The lowest BCUT2D eigenvalue weighted by molar-refractivity contribution is 0.799. The molecule has 3 aromatic rings. The Morgan fingerprint density at radius 1 is 0.913 bits per heavy atom. The van der Waals surface area contributed by atoms with E-state index in [-0.39, 0.29) is 0 Å². The van der Waals surface area contributed by atoms with E-state index in [0.717, 1.165) is 16.9 Å². The first-order valence-corrected chi connectivity index (χ1v) is 8.48. The van der Waals surface area contributed by atoms with Gasteiger partial charge < -0.3 is 4.98 Å². The number of aromatic amines is 1. The zero-order chi connectivity index (χ0) is 17.5. The van der Waals surface area contributed by atoms with Crippen molar-refractivity contribution in [3.8, 4) is 0 Å². The van der Waals surface area contributed by atoms with E-state index in [1.54, 1.807) is 12.4 Å². The molecule has 0 fully saturated rings. The number of aromatic nitrogens is 3. The van der Waals surface area contributed by atoms with Crippen LogP contribution >= 0.6 is 0 Å². The molecule has 1 N–H and O–H groups in total. The molecule has 0 aliphatic carbocycles. The van der Waals surface area contributed by atoms with Gasteiger partial charge in [0, 0.05) is 18.3 Å². The summed E-state index contributed by atoms with van der Waals surface area (Å²) in [5.41, 5.74) is 2.18. The summed E-state index contributed by atoms with van der Waals surface area (Å²) in [5, 5.41) is 0. The topological polar surface area (TPSA) is 41.6 Å². The van der Waals surface area contributed by atoms with Crippen molar-refractivity contribution in [2.45, 2.75) is 53.9 Å². The Morgan fingerprint density at radius 2 is 1.48 bits per heavy atom. The summed E-state index contributed by atoms with van der Waals surface area (Å²) in [7, 11) is 0. The number of para-hydroxylation sites is 2. The van der Waals surface area contributed by atoms with E-state index in [9.17, 15) is 0 Å². The lowest BCUT2D eigenvalue weighted by Gasteiger charge is -1.95. The SMILES string of the molecule is CC.CC(C)c1nc2ccccc2[nH]1.CCC.c1ccncc1. The van der Waals surface area contributed by atoms with Crippen LogP contribution in [0.3, 0.4) is 0 Å². The molecule has 1 aromatic carbocycles. The molecule has 2 aromatic heterocycles. The number of hydrogen-bond acceptors (Lipinski definition) is 2. The smallest absolute Gasteiger partial charge is 0.109 e. The summed E-state index contributed by atoms with van der Waals surface area (Å²) in [5.74, 6) is 1.54. The van der Waals surface area contributed by atoms with Gasteiger partial charge in [0.05, 0.1) is 11.0 Å². The van der Waals surface area contributed by atoms with Crippen LogP contribution in [0.15, 0.2) is 54.9 Å². The molecular formula is C20H31N3. The van der Waals surface area contributed by atoms with Crippen LogP contribution in [-0.4, -0.2) is 15.0 Å². The summed E-state index contributed by atoms with van der Waals surface area (Å²) >= 11 is 0. The first-order valence-electron chi connectivity index (χ1n) is 8.48. The summed E-state index contributed by atoms with van der Waals surface area (Å²) in [6, 6.07) is 13.8. The van der Waals surface area contributed by atoms with Gasteiger partial charge in [-0.3, -0.25) is 4.98 Å². The highest BCUT2D eigenvalue weighted by molar-refractivity contribution is 5.74. The molecule has 126 valence electrons. The number of H-pyrrole nitrogens is 1. The third kappa shape index (κ3) is 8.77. The Balaban J connectivity index is 0.000000370. The quantitative estimate of drug-likeness (QED) is 0.580. The molecule has 2 heterocycles. The molecule has 0 saturated heterocycles. The number of nitrogens with zero attached hydrogens (tertiary/aromatic N) is 2. The zero-order valence-corrected chi connectivity index (χ0v) is 15.4. The Hall–Kier alpha value is -2.16. The van der Waals surface area contributed by atoms with Crippen LogP contribution in [0.25, 0.3) is 11.0 Å². The van der Waals surface area contributed by atoms with E-state index in [1.165, 1.54) is 6.42 Å². The number of imidazole rings is 1. The van der Waals surface area contributed by atoms with Crippen molar-refractivity contribution in [3.63, 3.8) is 0 Å². The monoisotopic (exact) mass is 313 g/mol. The largest absolute Gasteiger partial charge is 0.342 e. The molecule has 0 aliphatic heterocycles. The van der Waals surface area contributed by atoms with Crippen molar-refractivity contribution >= 4 is 11.0 Å². The third-order valence-corrected chi connectivity index (χ3v) is 2.52. The predicted octanol–water partition coefficient (Wildman–Crippen LogP) is 6.21. The Morgan fingerprint density at radius 3 is 1.87 bits per heavy atom. The molecule has 0 amide bonds. The molecule has 0 spiro atoms. The third-order valence-electron chi connectivity index (χ3n) is 2.52. The molecule has 0 radical (unpaired) electrons. The number of rotatable bonds is 1. The number of pyridine rings is 1. The zero-order valence-electron chi connectivity index (χ0n) is 15.4. The van der Waals surface area contributed by atoms with E-state index in [0.29, 0.717) is 5.92 Å². The summed E-state index contributed by atoms with van der Waals surface area (Å²) < 4.78 is 0. The molecule has 3 heteroatoms. The van der Waals surface area contributed by atoms with Crippen molar-refractivity contribution in [2.24, 2.45) is 0 Å². The average molecular weight is 313 g/mol. The summed E-state index contributed by atoms with van der Waals surface area (Å²) in [6.07, 6.45) is 4.75. The van der Waals surface area contributed by atoms with Crippen molar-refractivity contribution in [1.29, 1.82) is 0 Å². The van der Waals surface area contributed by atoms with Crippen LogP contribution in [-0.2, 0) is 0 Å². The molecule has 0 saturated carbocycles. The van der Waals surface area contributed by atoms with Gasteiger partial charge in [0.25, 0.3) is 0 Å². The Labute approximate surface area is 141 Å². The first kappa shape index (κ1) is 20.8. The maximum absolute atomic E-state index is 4.46. The van der Waals surface area contributed by atoms with Crippen LogP contribution in [0.2, 0.25) is 0 Å². The summed E-state index contributed by atoms with van der Waals surface area (Å²) in [6.45, 7) is 12.5. The molecule has 0 aliphatic rings. The van der Waals surface area contributed by atoms with Gasteiger partial charge in [0.1, 0.15) is 5.82 Å². The van der Waals surface area contributed by atoms with Crippen molar-refractivity contribution in [1.82, 2.24) is 15.0 Å². The minimum absolute atomic E-state index is 0.470. The van der Waals surface area contributed by atoms with Gasteiger partial charge in [-0.25, -0.2) is 4.98 Å². The van der Waals surface area contributed by atoms with Gasteiger partial charge in [0.2, 0.25) is 0 Å². The van der Waals surface area contributed by atoms with Crippen molar-refractivity contribution in [2.75, 3.05) is 0 Å². The lowest BCUT2D eigenvalue weighted by atomic mass is 10.2. The van der Waals surface area contributed by atoms with Gasteiger partial charge >= 0.3 is 0 Å². The normalized spacial score (nSPS) is 9.00. The van der Waals surface area contributed by atoms with Crippen molar-refractivity contribution in [3.05, 3.63) is 60.7 Å². The van der Waals surface area contributed by atoms with E-state index in [4.69, 9.17) is 0 Å². The van der Waals surface area contributed by atoms with Crippen LogP contribution in [0, 0.1) is 0 Å². The molecule has 3 rings (SSSR count). The van der Waals surface area contributed by atoms with E-state index >= 15 is 0 Å². The van der Waals surface area contributed by atoms with Gasteiger partial charge in [-0.05, 0) is 24.3 Å². The van der Waals surface area contributed by atoms with Crippen LogP contribution in [0.5, 0.6) is 0 Å². The molecular weight excluding hydrogens is 282 g/mol. The number of hydrogen-bond donors (Lipinski definition) is 1. The average Bonchev–Trinajstić information content (AvgIpc) is 3.04. The Kier molecular flexibility index (Phi) is 12.2. The fourth-order valence-corrected chi connectivity index (χ4v) is 1.56. The lowest BCUT2D eigenvalue weighted by Crippen LogP contribution is -1.88.